The van der Waals surface area contributed by atoms with Crippen LogP contribution in [0.5, 0.6) is 5.75 Å². The summed E-state index contributed by atoms with van der Waals surface area (Å²) in [4.78, 5) is 16.1. The van der Waals surface area contributed by atoms with Crippen LogP contribution in [0.15, 0.2) is 48.9 Å². The Bertz CT molecular complexity index is 919. The Morgan fingerprint density at radius 3 is 2.61 bits per heavy atom. The fraction of sp³-hybridized carbons (Fsp3) is 0.381. The zero-order chi connectivity index (χ0) is 19.3. The van der Waals surface area contributed by atoms with E-state index in [4.69, 9.17) is 9.72 Å². The van der Waals surface area contributed by atoms with Crippen LogP contribution in [0.25, 0.3) is 0 Å². The lowest BCUT2D eigenvalue weighted by Crippen LogP contribution is -2.31. The number of hydrogen-bond donors (Lipinski definition) is 1. The minimum Gasteiger partial charge on any atom is -0.496 e. The van der Waals surface area contributed by atoms with Gasteiger partial charge in [0.25, 0.3) is 0 Å². The van der Waals surface area contributed by atoms with Gasteiger partial charge < -0.3 is 19.5 Å². The number of nitrogens with zero attached hydrogens (tertiary/aromatic N) is 5. The van der Waals surface area contributed by atoms with Crippen molar-refractivity contribution in [3.8, 4) is 5.75 Å². The summed E-state index contributed by atoms with van der Waals surface area (Å²) in [5.41, 5.74) is 1.01. The highest BCUT2D eigenvalue weighted by Crippen LogP contribution is 2.31. The quantitative estimate of drug-likeness (QED) is 0.709. The number of anilines is 2. The molecule has 1 aliphatic rings. The lowest BCUT2D eigenvalue weighted by atomic mass is 10.0. The van der Waals surface area contributed by atoms with Crippen molar-refractivity contribution in [3.63, 3.8) is 0 Å². The van der Waals surface area contributed by atoms with E-state index in [1.54, 1.807) is 13.3 Å². The molecule has 4 rings (SSSR count). The normalized spacial score (nSPS) is 15.3. The highest BCUT2D eigenvalue weighted by molar-refractivity contribution is 5.48. The van der Waals surface area contributed by atoms with Crippen molar-refractivity contribution in [3.05, 3.63) is 60.3 Å². The van der Waals surface area contributed by atoms with E-state index in [1.165, 1.54) is 19.3 Å². The van der Waals surface area contributed by atoms with Gasteiger partial charge in [0, 0.05) is 44.3 Å². The molecule has 0 radical (unpaired) electrons. The molecule has 146 valence electrons. The van der Waals surface area contributed by atoms with Crippen molar-refractivity contribution in [1.29, 1.82) is 0 Å². The van der Waals surface area contributed by atoms with E-state index >= 15 is 0 Å². The van der Waals surface area contributed by atoms with Crippen LogP contribution in [0.4, 0.5) is 11.8 Å². The van der Waals surface area contributed by atoms with E-state index < -0.39 is 0 Å². The average Bonchev–Trinajstić information content (AvgIpc) is 3.18. The van der Waals surface area contributed by atoms with Crippen LogP contribution in [0.1, 0.15) is 36.7 Å². The first-order chi connectivity index (χ1) is 13.8. The Kier molecular flexibility index (Phi) is 5.41. The lowest BCUT2D eigenvalue weighted by molar-refractivity contribution is 0.408. The van der Waals surface area contributed by atoms with Gasteiger partial charge in [0.05, 0.1) is 7.11 Å². The Hall–Kier alpha value is -3.09. The Morgan fingerprint density at radius 2 is 1.86 bits per heavy atom. The number of aromatic nitrogens is 4. The van der Waals surface area contributed by atoms with Crippen molar-refractivity contribution in [2.75, 3.05) is 30.4 Å². The molecule has 0 aliphatic carbocycles. The number of ether oxygens (including phenoxy) is 1. The van der Waals surface area contributed by atoms with Crippen LogP contribution in [0, 0.1) is 0 Å². The van der Waals surface area contributed by atoms with E-state index in [2.05, 4.69) is 26.3 Å². The number of rotatable bonds is 6. The number of benzene rings is 1. The predicted octanol–water partition coefficient (Wildman–Crippen LogP) is 3.41. The maximum absolute atomic E-state index is 5.60. The fourth-order valence-electron chi connectivity index (χ4n) is 3.66. The van der Waals surface area contributed by atoms with E-state index in [1.807, 2.05) is 48.3 Å². The standard InChI is InChI=1S/C21H26N6O/c1-26-15-12-22-20(26)19(16-8-4-5-9-17(16)28-2)24-18-10-11-23-21(25-18)27-13-6-3-7-14-27/h4-5,8-12,15,19H,3,6-7,13-14H2,1-2H3,(H,23,24,25). The summed E-state index contributed by atoms with van der Waals surface area (Å²) in [6.07, 6.45) is 9.23. The monoisotopic (exact) mass is 378 g/mol. The van der Waals surface area contributed by atoms with Crippen molar-refractivity contribution in [1.82, 2.24) is 19.5 Å². The topological polar surface area (TPSA) is 68.1 Å². The molecule has 1 aromatic carbocycles. The molecule has 1 atom stereocenters. The minimum absolute atomic E-state index is 0.194. The van der Waals surface area contributed by atoms with E-state index in [0.29, 0.717) is 0 Å². The molecule has 2 aromatic heterocycles. The molecule has 0 saturated carbocycles. The second-order valence-electron chi connectivity index (χ2n) is 7.01. The van der Waals surface area contributed by atoms with Gasteiger partial charge in [-0.1, -0.05) is 18.2 Å². The number of methoxy groups -OCH3 is 1. The Labute approximate surface area is 165 Å². The van der Waals surface area contributed by atoms with Gasteiger partial charge >= 0.3 is 0 Å². The highest BCUT2D eigenvalue weighted by Gasteiger charge is 2.23. The fourth-order valence-corrected chi connectivity index (χ4v) is 3.66. The smallest absolute Gasteiger partial charge is 0.227 e. The maximum atomic E-state index is 5.60. The van der Waals surface area contributed by atoms with Crippen LogP contribution in [-0.4, -0.2) is 39.7 Å². The molecule has 7 heteroatoms. The van der Waals surface area contributed by atoms with Crippen LogP contribution >= 0.6 is 0 Å². The number of para-hydroxylation sites is 1. The second kappa shape index (κ2) is 8.29. The second-order valence-corrected chi connectivity index (χ2v) is 7.01. The van der Waals surface area contributed by atoms with Gasteiger partial charge in [0.1, 0.15) is 23.4 Å². The lowest BCUT2D eigenvalue weighted by Gasteiger charge is -2.27. The van der Waals surface area contributed by atoms with Gasteiger partial charge in [-0.05, 0) is 31.4 Å². The molecule has 0 amide bonds. The first-order valence-electron chi connectivity index (χ1n) is 9.71. The first-order valence-corrected chi connectivity index (χ1v) is 9.71. The number of imidazole rings is 1. The third-order valence-corrected chi connectivity index (χ3v) is 5.14. The Balaban J connectivity index is 1.68. The van der Waals surface area contributed by atoms with E-state index in [-0.39, 0.29) is 6.04 Å². The van der Waals surface area contributed by atoms with Gasteiger partial charge in [-0.25, -0.2) is 9.97 Å². The number of hydrogen-bond acceptors (Lipinski definition) is 6. The molecule has 3 aromatic rings. The largest absolute Gasteiger partial charge is 0.496 e. The molecule has 1 N–H and O–H groups in total. The average molecular weight is 378 g/mol. The molecule has 3 heterocycles. The van der Waals surface area contributed by atoms with E-state index in [0.717, 1.165) is 42.0 Å². The summed E-state index contributed by atoms with van der Waals surface area (Å²) in [7, 11) is 3.68. The van der Waals surface area contributed by atoms with Gasteiger partial charge in [-0.2, -0.15) is 4.98 Å². The highest BCUT2D eigenvalue weighted by atomic mass is 16.5. The zero-order valence-electron chi connectivity index (χ0n) is 16.4. The number of piperidine rings is 1. The third kappa shape index (κ3) is 3.78. The number of nitrogens with one attached hydrogen (secondary N) is 1. The molecule has 0 spiro atoms. The molecule has 0 bridgehead atoms. The summed E-state index contributed by atoms with van der Waals surface area (Å²) in [5.74, 6) is 3.26. The van der Waals surface area contributed by atoms with Gasteiger partial charge in [-0.3, -0.25) is 0 Å². The van der Waals surface area contributed by atoms with Crippen LogP contribution in [-0.2, 0) is 7.05 Å². The minimum atomic E-state index is -0.194. The van der Waals surface area contributed by atoms with E-state index in [9.17, 15) is 0 Å². The van der Waals surface area contributed by atoms with Crippen LogP contribution in [0.2, 0.25) is 0 Å². The molecular formula is C21H26N6O. The van der Waals surface area contributed by atoms with Crippen molar-refractivity contribution >= 4 is 11.8 Å². The molecular weight excluding hydrogens is 352 g/mol. The SMILES string of the molecule is COc1ccccc1C(Nc1ccnc(N2CCCCC2)n1)c1nccn1C. The molecule has 28 heavy (non-hydrogen) atoms. The molecule has 1 aliphatic heterocycles. The van der Waals surface area contributed by atoms with Gasteiger partial charge in [-0.15, -0.1) is 0 Å². The van der Waals surface area contributed by atoms with Crippen LogP contribution < -0.4 is 15.0 Å². The van der Waals surface area contributed by atoms with Gasteiger partial charge in [0.2, 0.25) is 5.95 Å². The first kappa shape index (κ1) is 18.3. The third-order valence-electron chi connectivity index (χ3n) is 5.14. The van der Waals surface area contributed by atoms with Crippen LogP contribution in [0.3, 0.4) is 0 Å². The summed E-state index contributed by atoms with van der Waals surface area (Å²) in [5, 5.41) is 3.55. The predicted molar refractivity (Wildman–Crippen MR) is 110 cm³/mol. The summed E-state index contributed by atoms with van der Waals surface area (Å²) < 4.78 is 7.61. The van der Waals surface area contributed by atoms with Crippen molar-refractivity contribution in [2.24, 2.45) is 7.05 Å². The molecule has 1 fully saturated rings. The molecule has 1 saturated heterocycles. The summed E-state index contributed by atoms with van der Waals surface area (Å²) in [6, 6.07) is 9.70. The van der Waals surface area contributed by atoms with Crippen molar-refractivity contribution < 1.29 is 4.74 Å². The molecule has 1 unspecified atom stereocenters. The summed E-state index contributed by atoms with van der Waals surface area (Å²) in [6.45, 7) is 2.03. The molecule has 7 nitrogen and oxygen atoms in total. The van der Waals surface area contributed by atoms with Gasteiger partial charge in [0.15, 0.2) is 0 Å². The maximum Gasteiger partial charge on any atom is 0.227 e. The Morgan fingerprint density at radius 1 is 1.04 bits per heavy atom. The van der Waals surface area contributed by atoms with Crippen molar-refractivity contribution in [2.45, 2.75) is 25.3 Å². The number of aryl methyl sites for hydroxylation is 1. The summed E-state index contributed by atoms with van der Waals surface area (Å²) >= 11 is 0. The zero-order valence-corrected chi connectivity index (χ0v) is 16.4.